The zero-order valence-electron chi connectivity index (χ0n) is 16.8. The van der Waals surface area contributed by atoms with Crippen molar-refractivity contribution >= 4 is 28.3 Å². The minimum atomic E-state index is 0.201. The zero-order chi connectivity index (χ0) is 20.1. The molecule has 1 fully saturated rings. The first-order valence-corrected chi connectivity index (χ1v) is 10.3. The van der Waals surface area contributed by atoms with Crippen LogP contribution in [0.5, 0.6) is 0 Å². The first kappa shape index (κ1) is 19.2. The molecule has 4 rings (SSSR count). The van der Waals surface area contributed by atoms with E-state index in [-0.39, 0.29) is 5.91 Å². The summed E-state index contributed by atoms with van der Waals surface area (Å²) >= 11 is 0. The van der Waals surface area contributed by atoms with Crippen molar-refractivity contribution in [1.82, 2.24) is 14.9 Å². The highest BCUT2D eigenvalue weighted by atomic mass is 16.2. The van der Waals surface area contributed by atoms with Gasteiger partial charge in [0.2, 0.25) is 5.91 Å². The van der Waals surface area contributed by atoms with Gasteiger partial charge < -0.3 is 15.1 Å². The van der Waals surface area contributed by atoms with E-state index in [0.29, 0.717) is 13.0 Å². The van der Waals surface area contributed by atoms with Crippen molar-refractivity contribution in [2.24, 2.45) is 0 Å². The number of rotatable bonds is 6. The van der Waals surface area contributed by atoms with Crippen molar-refractivity contribution in [3.63, 3.8) is 0 Å². The van der Waals surface area contributed by atoms with E-state index in [9.17, 15) is 4.79 Å². The molecule has 1 saturated heterocycles. The summed E-state index contributed by atoms with van der Waals surface area (Å²) in [7, 11) is 0. The van der Waals surface area contributed by atoms with E-state index in [1.807, 2.05) is 47.5 Å². The van der Waals surface area contributed by atoms with Gasteiger partial charge in [-0.1, -0.05) is 31.2 Å². The Labute approximate surface area is 171 Å². The van der Waals surface area contributed by atoms with E-state index < -0.39 is 0 Å². The van der Waals surface area contributed by atoms with Crippen LogP contribution in [0.25, 0.3) is 10.9 Å². The van der Waals surface area contributed by atoms with Gasteiger partial charge in [0.1, 0.15) is 5.82 Å². The van der Waals surface area contributed by atoms with Gasteiger partial charge in [0.25, 0.3) is 0 Å². The number of aromatic nitrogens is 2. The van der Waals surface area contributed by atoms with Crippen molar-refractivity contribution in [3.8, 4) is 0 Å². The molecule has 0 saturated carbocycles. The van der Waals surface area contributed by atoms with Crippen LogP contribution >= 0.6 is 0 Å². The fourth-order valence-corrected chi connectivity index (χ4v) is 3.75. The number of carbonyl (C=O) groups is 1. The number of fused-ring (bicyclic) bond motifs is 1. The Hall–Kier alpha value is -3.15. The SMILES string of the molecule is CCc1cc(NCCC(=O)N2CCN(c3ccccn3)CC2)c2ccccc2n1. The highest BCUT2D eigenvalue weighted by molar-refractivity contribution is 5.91. The third-order valence-electron chi connectivity index (χ3n) is 5.39. The predicted molar refractivity (Wildman–Crippen MR) is 117 cm³/mol. The Morgan fingerprint density at radius 2 is 1.86 bits per heavy atom. The molecule has 0 radical (unpaired) electrons. The molecule has 1 aliphatic heterocycles. The number of pyridine rings is 2. The molecule has 0 aliphatic carbocycles. The van der Waals surface area contributed by atoms with Gasteiger partial charge in [-0.05, 0) is 30.7 Å². The van der Waals surface area contributed by atoms with Crippen LogP contribution in [0.1, 0.15) is 19.0 Å². The van der Waals surface area contributed by atoms with Crippen LogP contribution in [-0.4, -0.2) is 53.5 Å². The van der Waals surface area contributed by atoms with E-state index in [1.54, 1.807) is 0 Å². The summed E-state index contributed by atoms with van der Waals surface area (Å²) in [5, 5.41) is 4.56. The Morgan fingerprint density at radius 1 is 1.07 bits per heavy atom. The smallest absolute Gasteiger partial charge is 0.224 e. The average Bonchev–Trinajstić information content (AvgIpc) is 2.79. The van der Waals surface area contributed by atoms with Gasteiger partial charge in [0.15, 0.2) is 0 Å². The third kappa shape index (κ3) is 4.47. The van der Waals surface area contributed by atoms with E-state index in [2.05, 4.69) is 39.2 Å². The fourth-order valence-electron chi connectivity index (χ4n) is 3.75. The molecule has 1 amide bonds. The molecule has 2 aromatic heterocycles. The van der Waals surface area contributed by atoms with Crippen LogP contribution in [0, 0.1) is 0 Å². The van der Waals surface area contributed by atoms with Gasteiger partial charge in [-0.3, -0.25) is 9.78 Å². The second-order valence-corrected chi connectivity index (χ2v) is 7.26. The van der Waals surface area contributed by atoms with Crippen molar-refractivity contribution in [2.75, 3.05) is 42.9 Å². The second kappa shape index (κ2) is 8.90. The molecule has 1 N–H and O–H groups in total. The Balaban J connectivity index is 1.31. The number of hydrogen-bond donors (Lipinski definition) is 1. The number of nitrogens with one attached hydrogen (secondary N) is 1. The molecule has 6 nitrogen and oxygen atoms in total. The first-order valence-electron chi connectivity index (χ1n) is 10.3. The number of nitrogens with zero attached hydrogens (tertiary/aromatic N) is 4. The number of anilines is 2. The highest BCUT2D eigenvalue weighted by Gasteiger charge is 2.21. The number of aryl methyl sites for hydroxylation is 1. The van der Waals surface area contributed by atoms with Crippen LogP contribution in [-0.2, 0) is 11.2 Å². The quantitative estimate of drug-likeness (QED) is 0.701. The van der Waals surface area contributed by atoms with Gasteiger partial charge in [-0.2, -0.15) is 0 Å². The lowest BCUT2D eigenvalue weighted by Gasteiger charge is -2.35. The molecule has 6 heteroatoms. The largest absolute Gasteiger partial charge is 0.384 e. The number of amides is 1. The lowest BCUT2D eigenvalue weighted by atomic mass is 10.1. The van der Waals surface area contributed by atoms with Crippen molar-refractivity contribution in [3.05, 3.63) is 60.4 Å². The van der Waals surface area contributed by atoms with Crippen molar-refractivity contribution in [1.29, 1.82) is 0 Å². The normalized spacial score (nSPS) is 14.2. The Kier molecular flexibility index (Phi) is 5.89. The molecule has 150 valence electrons. The third-order valence-corrected chi connectivity index (χ3v) is 5.39. The summed E-state index contributed by atoms with van der Waals surface area (Å²) in [5.41, 5.74) is 3.11. The van der Waals surface area contributed by atoms with Crippen LogP contribution in [0.15, 0.2) is 54.7 Å². The molecule has 3 aromatic rings. The molecule has 0 atom stereocenters. The molecular formula is C23H27N5O. The van der Waals surface area contributed by atoms with E-state index in [0.717, 1.165) is 60.7 Å². The number of benzene rings is 1. The summed E-state index contributed by atoms with van der Waals surface area (Å²) < 4.78 is 0. The van der Waals surface area contributed by atoms with Crippen LogP contribution in [0.4, 0.5) is 11.5 Å². The number of hydrogen-bond acceptors (Lipinski definition) is 5. The van der Waals surface area contributed by atoms with Crippen LogP contribution < -0.4 is 10.2 Å². The summed E-state index contributed by atoms with van der Waals surface area (Å²) in [6.07, 6.45) is 3.19. The maximum absolute atomic E-state index is 12.7. The minimum Gasteiger partial charge on any atom is -0.384 e. The van der Waals surface area contributed by atoms with Crippen molar-refractivity contribution in [2.45, 2.75) is 19.8 Å². The van der Waals surface area contributed by atoms with Gasteiger partial charge in [-0.15, -0.1) is 0 Å². The molecule has 0 unspecified atom stereocenters. The molecule has 0 bridgehead atoms. The van der Waals surface area contributed by atoms with Crippen molar-refractivity contribution < 1.29 is 4.79 Å². The first-order chi connectivity index (χ1) is 14.2. The maximum atomic E-state index is 12.7. The Morgan fingerprint density at radius 3 is 2.62 bits per heavy atom. The van der Waals surface area contributed by atoms with Crippen LogP contribution in [0.2, 0.25) is 0 Å². The zero-order valence-corrected chi connectivity index (χ0v) is 16.8. The minimum absolute atomic E-state index is 0.201. The summed E-state index contributed by atoms with van der Waals surface area (Å²) in [5.74, 6) is 1.19. The molecule has 1 aromatic carbocycles. The predicted octanol–water partition coefficient (Wildman–Crippen LogP) is 3.34. The highest BCUT2D eigenvalue weighted by Crippen LogP contribution is 2.23. The molecular weight excluding hydrogens is 362 g/mol. The number of para-hydroxylation sites is 1. The monoisotopic (exact) mass is 389 g/mol. The van der Waals surface area contributed by atoms with E-state index >= 15 is 0 Å². The summed E-state index contributed by atoms with van der Waals surface area (Å²) in [6.45, 7) is 5.86. The maximum Gasteiger partial charge on any atom is 0.224 e. The van der Waals surface area contributed by atoms with Gasteiger partial charge in [-0.25, -0.2) is 4.98 Å². The fraction of sp³-hybridized carbons (Fsp3) is 0.348. The second-order valence-electron chi connectivity index (χ2n) is 7.26. The average molecular weight is 390 g/mol. The summed E-state index contributed by atoms with van der Waals surface area (Å²) in [4.78, 5) is 25.9. The lowest BCUT2D eigenvalue weighted by Crippen LogP contribution is -2.49. The topological polar surface area (TPSA) is 61.4 Å². The molecule has 1 aliphatic rings. The number of piperazine rings is 1. The molecule has 3 heterocycles. The van der Waals surface area contributed by atoms with E-state index in [4.69, 9.17) is 0 Å². The Bertz CT molecular complexity index is 967. The van der Waals surface area contributed by atoms with E-state index in [1.165, 1.54) is 0 Å². The molecule has 0 spiro atoms. The van der Waals surface area contributed by atoms with Crippen LogP contribution in [0.3, 0.4) is 0 Å². The van der Waals surface area contributed by atoms with Gasteiger partial charge in [0, 0.05) is 62.1 Å². The molecule has 29 heavy (non-hydrogen) atoms. The number of carbonyl (C=O) groups excluding carboxylic acids is 1. The van der Waals surface area contributed by atoms with Gasteiger partial charge in [0.05, 0.1) is 5.52 Å². The summed E-state index contributed by atoms with van der Waals surface area (Å²) in [6, 6.07) is 16.2. The standard InChI is InChI=1S/C23H27N5O/c1-2-18-17-21(19-7-3-4-8-20(19)26-18)24-12-10-23(29)28-15-13-27(14-16-28)22-9-5-6-11-25-22/h3-9,11,17H,2,10,12-16H2,1H3,(H,24,26). The van der Waals surface area contributed by atoms with Gasteiger partial charge >= 0.3 is 0 Å². The lowest BCUT2D eigenvalue weighted by molar-refractivity contribution is -0.131.